The minimum absolute atomic E-state index is 0.312. The Hall–Kier alpha value is -2.11. The Kier molecular flexibility index (Phi) is 15.5. The van der Waals surface area contributed by atoms with Crippen LogP contribution in [0.25, 0.3) is 0 Å². The van der Waals surface area contributed by atoms with Crippen molar-refractivity contribution in [1.29, 1.82) is 0 Å². The summed E-state index contributed by atoms with van der Waals surface area (Å²) in [6.45, 7) is 15.7. The monoisotopic (exact) mass is 539 g/mol. The highest BCUT2D eigenvalue weighted by Gasteiger charge is 2.35. The summed E-state index contributed by atoms with van der Waals surface area (Å²) < 4.78 is 5.74. The molecule has 2 heterocycles. The number of likely N-dealkylation sites (tertiary alicyclic amines) is 1. The van der Waals surface area contributed by atoms with Gasteiger partial charge in [-0.3, -0.25) is 9.69 Å². The summed E-state index contributed by atoms with van der Waals surface area (Å²) in [5.74, 6) is 1.84. The summed E-state index contributed by atoms with van der Waals surface area (Å²) in [7, 11) is 4.24. The minimum Gasteiger partial charge on any atom is -0.493 e. The molecule has 0 N–H and O–H groups in total. The van der Waals surface area contributed by atoms with Gasteiger partial charge in [-0.25, -0.2) is 0 Å². The second-order valence-electron chi connectivity index (χ2n) is 11.3. The number of hydrogen-bond acceptors (Lipinski definition) is 4. The quantitative estimate of drug-likeness (QED) is 0.176. The summed E-state index contributed by atoms with van der Waals surface area (Å²) in [6.07, 6.45) is 15.2. The number of benzene rings is 1. The van der Waals surface area contributed by atoms with Gasteiger partial charge in [-0.1, -0.05) is 63.1 Å². The average molecular weight is 540 g/mol. The van der Waals surface area contributed by atoms with Crippen molar-refractivity contribution >= 4 is 5.91 Å². The van der Waals surface area contributed by atoms with Crippen molar-refractivity contribution in [3.05, 3.63) is 53.1 Å². The smallest absolute Gasteiger partial charge is 0.236 e. The summed E-state index contributed by atoms with van der Waals surface area (Å²) in [5, 5.41) is 0. The predicted molar refractivity (Wildman–Crippen MR) is 167 cm³/mol. The molecule has 1 amide bonds. The van der Waals surface area contributed by atoms with Crippen LogP contribution in [0.1, 0.15) is 96.6 Å². The van der Waals surface area contributed by atoms with Crippen LogP contribution in [0.5, 0.6) is 5.75 Å². The summed E-state index contributed by atoms with van der Waals surface area (Å²) in [4.78, 5) is 20.5. The standard InChI is InChI=1S/C32H51N3O2.C2H6/c1-6-8-12-26(3)13-15-30-23-29(27-14-16-31-28(22-27)17-21-37-31)24-35(30)25-32(36)34(19-9-7-2)20-11-10-18-33(4)5;1-2/h6,8,12,14,16,22,29-30H,7,9-11,13,15,17-21,23-25H2,1-5H3;1-2H3/b8-6-,26-12+;. The Bertz CT molecular complexity index is 908. The lowest BCUT2D eigenvalue weighted by Gasteiger charge is -2.29. The number of ether oxygens (including phenoxy) is 1. The van der Waals surface area contributed by atoms with Gasteiger partial charge in [0, 0.05) is 32.1 Å². The molecule has 0 saturated carbocycles. The van der Waals surface area contributed by atoms with Crippen LogP contribution in [0.15, 0.2) is 42.0 Å². The molecule has 39 heavy (non-hydrogen) atoms. The van der Waals surface area contributed by atoms with Crippen LogP contribution >= 0.6 is 0 Å². The van der Waals surface area contributed by atoms with Crippen LogP contribution < -0.4 is 4.74 Å². The first-order valence-electron chi connectivity index (χ1n) is 15.6. The third-order valence-electron chi connectivity index (χ3n) is 7.91. The first kappa shape index (κ1) is 33.1. The van der Waals surface area contributed by atoms with Crippen molar-refractivity contribution in [1.82, 2.24) is 14.7 Å². The second-order valence-corrected chi connectivity index (χ2v) is 11.3. The SMILES string of the molecule is C/C=C\C=C(/C)CCC1CC(c2ccc3c(c2)CCO3)CN1CC(=O)N(CCCC)CCCCN(C)C.CC. The highest BCUT2D eigenvalue weighted by atomic mass is 16.5. The summed E-state index contributed by atoms with van der Waals surface area (Å²) in [5.41, 5.74) is 4.17. The van der Waals surface area contributed by atoms with Crippen molar-refractivity contribution in [3.63, 3.8) is 0 Å². The molecule has 5 nitrogen and oxygen atoms in total. The maximum Gasteiger partial charge on any atom is 0.236 e. The molecule has 2 atom stereocenters. The molecule has 1 aromatic rings. The van der Waals surface area contributed by atoms with Gasteiger partial charge in [-0.05, 0) is 96.1 Å². The fraction of sp³-hybridized carbons (Fsp3) is 0.676. The van der Waals surface area contributed by atoms with Gasteiger partial charge in [-0.15, -0.1) is 0 Å². The molecular weight excluding hydrogens is 482 g/mol. The van der Waals surface area contributed by atoms with Crippen molar-refractivity contribution in [2.75, 3.05) is 53.4 Å². The molecule has 1 fully saturated rings. The molecule has 0 spiro atoms. The van der Waals surface area contributed by atoms with Gasteiger partial charge in [0.2, 0.25) is 5.91 Å². The first-order valence-corrected chi connectivity index (χ1v) is 15.6. The van der Waals surface area contributed by atoms with Crippen LogP contribution in [0.4, 0.5) is 0 Å². The number of carbonyl (C=O) groups excluding carboxylic acids is 1. The third-order valence-corrected chi connectivity index (χ3v) is 7.91. The Labute approximate surface area is 240 Å². The van der Waals surface area contributed by atoms with Gasteiger partial charge in [0.15, 0.2) is 0 Å². The molecule has 1 aromatic carbocycles. The van der Waals surface area contributed by atoms with E-state index in [-0.39, 0.29) is 0 Å². The zero-order chi connectivity index (χ0) is 28.6. The molecule has 5 heteroatoms. The normalized spacial score (nSPS) is 19.2. The number of hydrogen-bond donors (Lipinski definition) is 0. The Balaban J connectivity index is 0.00000260. The Morgan fingerprint density at radius 3 is 2.59 bits per heavy atom. The molecular formula is C34H57N3O2. The van der Waals surface area contributed by atoms with Gasteiger partial charge in [0.25, 0.3) is 0 Å². The van der Waals surface area contributed by atoms with Crippen molar-refractivity contribution < 1.29 is 9.53 Å². The maximum absolute atomic E-state index is 13.6. The largest absolute Gasteiger partial charge is 0.493 e. The van der Waals surface area contributed by atoms with E-state index in [1.165, 1.54) is 16.7 Å². The van der Waals surface area contributed by atoms with Gasteiger partial charge in [0.1, 0.15) is 5.75 Å². The van der Waals surface area contributed by atoms with Crippen molar-refractivity contribution in [3.8, 4) is 5.75 Å². The summed E-state index contributed by atoms with van der Waals surface area (Å²) in [6, 6.07) is 7.22. The molecule has 0 aliphatic carbocycles. The highest BCUT2D eigenvalue weighted by Crippen LogP contribution is 2.37. The van der Waals surface area contributed by atoms with E-state index in [2.05, 4.69) is 86.0 Å². The first-order chi connectivity index (χ1) is 18.9. The van der Waals surface area contributed by atoms with Crippen molar-refractivity contribution in [2.24, 2.45) is 0 Å². The van der Waals surface area contributed by atoms with E-state index in [0.717, 1.165) is 89.9 Å². The van der Waals surface area contributed by atoms with E-state index in [0.29, 0.717) is 24.4 Å². The zero-order valence-corrected chi connectivity index (χ0v) is 26.2. The van der Waals surface area contributed by atoms with Crippen LogP contribution in [0.3, 0.4) is 0 Å². The van der Waals surface area contributed by atoms with Gasteiger partial charge >= 0.3 is 0 Å². The summed E-state index contributed by atoms with van der Waals surface area (Å²) >= 11 is 0. The van der Waals surface area contributed by atoms with Crippen molar-refractivity contribution in [2.45, 2.75) is 97.9 Å². The van der Waals surface area contributed by atoms with E-state index in [4.69, 9.17) is 4.74 Å². The third kappa shape index (κ3) is 11.1. The van der Waals surface area contributed by atoms with Gasteiger partial charge < -0.3 is 14.5 Å². The fourth-order valence-corrected chi connectivity index (χ4v) is 5.63. The number of allylic oxidation sites excluding steroid dienone is 4. The molecule has 2 aliphatic rings. The van der Waals surface area contributed by atoms with E-state index in [1.807, 2.05) is 13.8 Å². The molecule has 3 rings (SSSR count). The predicted octanol–water partition coefficient (Wildman–Crippen LogP) is 7.08. The molecule has 1 saturated heterocycles. The van der Waals surface area contributed by atoms with E-state index in [9.17, 15) is 4.79 Å². The lowest BCUT2D eigenvalue weighted by atomic mass is 9.93. The lowest BCUT2D eigenvalue weighted by Crippen LogP contribution is -2.43. The molecule has 220 valence electrons. The van der Waals surface area contributed by atoms with Crippen LogP contribution in [-0.2, 0) is 11.2 Å². The van der Waals surface area contributed by atoms with Crippen LogP contribution in [0.2, 0.25) is 0 Å². The van der Waals surface area contributed by atoms with E-state index < -0.39 is 0 Å². The number of unbranched alkanes of at least 4 members (excludes halogenated alkanes) is 2. The van der Waals surface area contributed by atoms with Crippen LogP contribution in [0, 0.1) is 0 Å². The fourth-order valence-electron chi connectivity index (χ4n) is 5.63. The topological polar surface area (TPSA) is 36.0 Å². The number of carbonyl (C=O) groups is 1. The van der Waals surface area contributed by atoms with E-state index >= 15 is 0 Å². The lowest BCUT2D eigenvalue weighted by molar-refractivity contribution is -0.132. The van der Waals surface area contributed by atoms with E-state index in [1.54, 1.807) is 0 Å². The highest BCUT2D eigenvalue weighted by molar-refractivity contribution is 5.78. The van der Waals surface area contributed by atoms with Crippen LogP contribution in [-0.4, -0.2) is 80.1 Å². The Morgan fingerprint density at radius 1 is 1.13 bits per heavy atom. The average Bonchev–Trinajstić information content (AvgIpc) is 3.57. The molecule has 0 aromatic heterocycles. The number of fused-ring (bicyclic) bond motifs is 1. The van der Waals surface area contributed by atoms with Gasteiger partial charge in [-0.2, -0.15) is 0 Å². The molecule has 2 aliphatic heterocycles. The number of rotatable bonds is 15. The molecule has 0 bridgehead atoms. The van der Waals surface area contributed by atoms with Gasteiger partial charge in [0.05, 0.1) is 13.2 Å². The zero-order valence-electron chi connectivity index (χ0n) is 26.2. The molecule has 0 radical (unpaired) electrons. The maximum atomic E-state index is 13.6. The molecule has 2 unspecified atom stereocenters. The second kappa shape index (κ2) is 18.3. The minimum atomic E-state index is 0.312. The number of amides is 1. The Morgan fingerprint density at radius 2 is 1.87 bits per heavy atom. The number of nitrogens with zero attached hydrogens (tertiary/aromatic N) is 3.